The number of hydrogen-bond donors (Lipinski definition) is 1. The van der Waals surface area contributed by atoms with Crippen LogP contribution in [0.25, 0.3) is 0 Å². The Morgan fingerprint density at radius 1 is 1.12 bits per heavy atom. The highest BCUT2D eigenvalue weighted by Crippen LogP contribution is 2.51. The summed E-state index contributed by atoms with van der Waals surface area (Å²) >= 11 is 0. The second-order valence-corrected chi connectivity index (χ2v) is 7.94. The van der Waals surface area contributed by atoms with Crippen molar-refractivity contribution in [2.24, 2.45) is 5.41 Å². The van der Waals surface area contributed by atoms with Crippen LogP contribution in [0.4, 0.5) is 0 Å². The predicted molar refractivity (Wildman–Crippen MR) is 97.0 cm³/mol. The summed E-state index contributed by atoms with van der Waals surface area (Å²) in [5, 5.41) is 3.12. The van der Waals surface area contributed by atoms with E-state index in [0.29, 0.717) is 13.1 Å². The molecule has 25 heavy (non-hydrogen) atoms. The molecule has 2 heterocycles. The van der Waals surface area contributed by atoms with Crippen molar-refractivity contribution in [3.05, 3.63) is 47.0 Å². The van der Waals surface area contributed by atoms with E-state index in [1.807, 2.05) is 23.1 Å². The Kier molecular flexibility index (Phi) is 3.94. The van der Waals surface area contributed by atoms with Crippen molar-refractivity contribution in [3.8, 4) is 0 Å². The van der Waals surface area contributed by atoms with Crippen LogP contribution in [0, 0.1) is 5.41 Å². The molecule has 4 rings (SSSR count). The molecule has 1 aromatic rings. The Morgan fingerprint density at radius 3 is 2.64 bits per heavy atom. The normalized spacial score (nSPS) is 32.6. The molecular formula is C21H26N2O2. The SMILES string of the molecule is CC1=C(C)C[C@@]2(CNC(=O)[C@@H]3CCCN3C2=O)[C@H](c2ccccc2)C1. The second-order valence-electron chi connectivity index (χ2n) is 7.94. The van der Waals surface area contributed by atoms with Gasteiger partial charge in [0.25, 0.3) is 0 Å². The van der Waals surface area contributed by atoms with Crippen LogP contribution in [0.3, 0.4) is 0 Å². The van der Waals surface area contributed by atoms with E-state index < -0.39 is 5.41 Å². The lowest BCUT2D eigenvalue weighted by atomic mass is 9.61. The molecule has 0 bridgehead atoms. The summed E-state index contributed by atoms with van der Waals surface area (Å²) in [6, 6.07) is 10.1. The van der Waals surface area contributed by atoms with Crippen LogP contribution in [0.1, 0.15) is 51.0 Å². The Labute approximate surface area is 149 Å². The van der Waals surface area contributed by atoms with Crippen LogP contribution in [0.2, 0.25) is 0 Å². The van der Waals surface area contributed by atoms with Crippen molar-refractivity contribution >= 4 is 11.8 Å². The smallest absolute Gasteiger partial charge is 0.242 e. The van der Waals surface area contributed by atoms with E-state index >= 15 is 0 Å². The van der Waals surface area contributed by atoms with Crippen LogP contribution in [-0.4, -0.2) is 35.8 Å². The minimum absolute atomic E-state index is 0.0264. The van der Waals surface area contributed by atoms with Gasteiger partial charge in [-0.15, -0.1) is 0 Å². The quantitative estimate of drug-likeness (QED) is 0.800. The Hall–Kier alpha value is -2.10. The number of hydrogen-bond acceptors (Lipinski definition) is 2. The van der Waals surface area contributed by atoms with Crippen molar-refractivity contribution in [1.82, 2.24) is 10.2 Å². The first kappa shape index (κ1) is 16.4. The molecule has 2 aliphatic heterocycles. The van der Waals surface area contributed by atoms with E-state index in [2.05, 4.69) is 31.3 Å². The number of carbonyl (C=O) groups excluding carboxylic acids is 2. The lowest BCUT2D eigenvalue weighted by molar-refractivity contribution is -0.144. The zero-order valence-corrected chi connectivity index (χ0v) is 15.0. The molecule has 1 aliphatic carbocycles. The molecule has 4 heteroatoms. The highest BCUT2D eigenvalue weighted by molar-refractivity contribution is 5.94. The van der Waals surface area contributed by atoms with E-state index in [-0.39, 0.29) is 23.8 Å². The zero-order valence-electron chi connectivity index (χ0n) is 15.0. The molecule has 1 aromatic carbocycles. The predicted octanol–water partition coefficient (Wildman–Crippen LogP) is 3.01. The van der Waals surface area contributed by atoms with Crippen molar-refractivity contribution in [3.63, 3.8) is 0 Å². The largest absolute Gasteiger partial charge is 0.353 e. The molecule has 3 atom stereocenters. The van der Waals surface area contributed by atoms with Crippen LogP contribution >= 0.6 is 0 Å². The second kappa shape index (κ2) is 6.01. The van der Waals surface area contributed by atoms with Gasteiger partial charge >= 0.3 is 0 Å². The van der Waals surface area contributed by atoms with Crippen LogP contribution in [0.5, 0.6) is 0 Å². The van der Waals surface area contributed by atoms with Crippen molar-refractivity contribution in [2.75, 3.05) is 13.1 Å². The van der Waals surface area contributed by atoms with Crippen LogP contribution in [-0.2, 0) is 9.59 Å². The number of nitrogens with zero attached hydrogens (tertiary/aromatic N) is 1. The van der Waals surface area contributed by atoms with Gasteiger partial charge in [0.1, 0.15) is 6.04 Å². The molecule has 4 nitrogen and oxygen atoms in total. The number of nitrogens with one attached hydrogen (secondary N) is 1. The number of amides is 2. The summed E-state index contributed by atoms with van der Waals surface area (Å²) in [5.41, 5.74) is 3.32. The fraction of sp³-hybridized carbons (Fsp3) is 0.524. The summed E-state index contributed by atoms with van der Waals surface area (Å²) in [7, 11) is 0. The first-order valence-electron chi connectivity index (χ1n) is 9.32. The topological polar surface area (TPSA) is 49.4 Å². The summed E-state index contributed by atoms with van der Waals surface area (Å²) in [6.45, 7) is 5.47. The summed E-state index contributed by atoms with van der Waals surface area (Å²) in [4.78, 5) is 28.1. The highest BCUT2D eigenvalue weighted by atomic mass is 16.2. The van der Waals surface area contributed by atoms with Gasteiger partial charge < -0.3 is 10.2 Å². The maximum Gasteiger partial charge on any atom is 0.242 e. The molecule has 0 radical (unpaired) electrons. The van der Waals surface area contributed by atoms with Crippen LogP contribution in [0.15, 0.2) is 41.5 Å². The molecule has 2 amide bonds. The third-order valence-electron chi connectivity index (χ3n) is 6.51. The van der Waals surface area contributed by atoms with Gasteiger partial charge in [-0.25, -0.2) is 0 Å². The standard InChI is InChI=1S/C21H26N2O2/c1-14-11-17(16-7-4-3-5-8-16)21(12-15(14)2)13-22-19(24)18-9-6-10-23(18)20(21)25/h3-5,7-8,17-18H,6,9-13H2,1-2H3,(H,22,24)/t17-,18-,21+/m0/s1. The van der Waals surface area contributed by atoms with E-state index in [1.165, 1.54) is 16.7 Å². The summed E-state index contributed by atoms with van der Waals surface area (Å²) in [5.74, 6) is 0.317. The molecule has 0 aromatic heterocycles. The highest BCUT2D eigenvalue weighted by Gasteiger charge is 2.54. The first-order valence-corrected chi connectivity index (χ1v) is 9.32. The molecular weight excluding hydrogens is 312 g/mol. The van der Waals surface area contributed by atoms with Crippen molar-refractivity contribution in [1.29, 1.82) is 0 Å². The van der Waals surface area contributed by atoms with Gasteiger partial charge in [-0.3, -0.25) is 9.59 Å². The number of allylic oxidation sites excluding steroid dienone is 2. The molecule has 3 aliphatic rings. The lowest BCUT2D eigenvalue weighted by Crippen LogP contribution is -2.51. The number of rotatable bonds is 1. The van der Waals surface area contributed by atoms with E-state index in [1.54, 1.807) is 0 Å². The molecule has 2 saturated heterocycles. The van der Waals surface area contributed by atoms with Gasteiger partial charge in [0.05, 0.1) is 5.41 Å². The number of fused-ring (bicyclic) bond motifs is 1. The molecule has 2 fully saturated rings. The molecule has 0 unspecified atom stereocenters. The van der Waals surface area contributed by atoms with Crippen molar-refractivity contribution < 1.29 is 9.59 Å². The fourth-order valence-electron chi connectivity index (χ4n) is 4.96. The first-order chi connectivity index (χ1) is 12.0. The van der Waals surface area contributed by atoms with Crippen LogP contribution < -0.4 is 5.32 Å². The maximum absolute atomic E-state index is 13.7. The van der Waals surface area contributed by atoms with E-state index in [0.717, 1.165) is 25.7 Å². The average Bonchev–Trinajstić information content (AvgIpc) is 3.09. The van der Waals surface area contributed by atoms with Crippen molar-refractivity contribution in [2.45, 2.75) is 51.5 Å². The lowest BCUT2D eigenvalue weighted by Gasteiger charge is -2.44. The van der Waals surface area contributed by atoms with Gasteiger partial charge in [0, 0.05) is 19.0 Å². The fourth-order valence-corrected chi connectivity index (χ4v) is 4.96. The summed E-state index contributed by atoms with van der Waals surface area (Å²) in [6.07, 6.45) is 3.33. The summed E-state index contributed by atoms with van der Waals surface area (Å²) < 4.78 is 0. The number of benzene rings is 1. The van der Waals surface area contributed by atoms with Gasteiger partial charge in [-0.2, -0.15) is 0 Å². The molecule has 1 N–H and O–H groups in total. The Balaban J connectivity index is 1.83. The molecule has 1 spiro atoms. The molecule has 132 valence electrons. The minimum atomic E-state index is -0.556. The Morgan fingerprint density at radius 2 is 1.88 bits per heavy atom. The van der Waals surface area contributed by atoms with Gasteiger partial charge in [0.2, 0.25) is 11.8 Å². The third-order valence-corrected chi connectivity index (χ3v) is 6.51. The maximum atomic E-state index is 13.7. The van der Waals surface area contributed by atoms with Gasteiger partial charge in [-0.05, 0) is 45.1 Å². The Bertz CT molecular complexity index is 740. The van der Waals surface area contributed by atoms with Gasteiger partial charge in [-0.1, -0.05) is 41.5 Å². The van der Waals surface area contributed by atoms with Gasteiger partial charge in [0.15, 0.2) is 0 Å². The number of carbonyl (C=O) groups is 2. The van der Waals surface area contributed by atoms with E-state index in [4.69, 9.17) is 0 Å². The monoisotopic (exact) mass is 338 g/mol. The average molecular weight is 338 g/mol. The third kappa shape index (κ3) is 2.50. The molecule has 0 saturated carbocycles. The zero-order chi connectivity index (χ0) is 17.6. The minimum Gasteiger partial charge on any atom is -0.353 e. The van der Waals surface area contributed by atoms with E-state index in [9.17, 15) is 9.59 Å².